The Morgan fingerprint density at radius 2 is 1.79 bits per heavy atom. The Hall–Kier alpha value is -2.27. The van der Waals surface area contributed by atoms with Crippen molar-refractivity contribution >= 4 is 34.2 Å². The second-order valence-electron chi connectivity index (χ2n) is 7.77. The zero-order chi connectivity index (χ0) is 20.6. The molecule has 2 aromatic carbocycles. The number of nitrogens with zero attached hydrogens (tertiary/aromatic N) is 2. The van der Waals surface area contributed by atoms with E-state index >= 15 is 0 Å². The summed E-state index contributed by atoms with van der Waals surface area (Å²) in [4.78, 5) is 19.7. The molecule has 5 heteroatoms. The van der Waals surface area contributed by atoms with Gasteiger partial charge in [-0.25, -0.2) is 4.99 Å². The van der Waals surface area contributed by atoms with Gasteiger partial charge in [0, 0.05) is 18.8 Å². The molecule has 1 N–H and O–H groups in total. The molecular weight excluding hydrogens is 378 g/mol. The summed E-state index contributed by atoms with van der Waals surface area (Å²) in [5.74, 6) is 0.339. The third kappa shape index (κ3) is 6.36. The van der Waals surface area contributed by atoms with Crippen LogP contribution in [-0.2, 0) is 4.79 Å². The summed E-state index contributed by atoms with van der Waals surface area (Å²) in [7, 11) is 2.12. The first kappa shape index (κ1) is 21.4. The number of amides is 1. The Morgan fingerprint density at radius 3 is 2.48 bits per heavy atom. The maximum absolute atomic E-state index is 12.6. The van der Waals surface area contributed by atoms with Crippen LogP contribution >= 0.6 is 11.8 Å². The smallest absolute Gasteiger partial charge is 0.234 e. The van der Waals surface area contributed by atoms with Crippen molar-refractivity contribution in [3.8, 4) is 0 Å². The monoisotopic (exact) mass is 409 g/mol. The predicted molar refractivity (Wildman–Crippen MR) is 125 cm³/mol. The van der Waals surface area contributed by atoms with E-state index in [9.17, 15) is 4.79 Å². The van der Waals surface area contributed by atoms with Gasteiger partial charge in [0.1, 0.15) is 0 Å². The summed E-state index contributed by atoms with van der Waals surface area (Å²) in [6.07, 6.45) is 6.25. The van der Waals surface area contributed by atoms with E-state index in [1.807, 2.05) is 48.5 Å². The van der Waals surface area contributed by atoms with Crippen LogP contribution in [0.5, 0.6) is 0 Å². The maximum Gasteiger partial charge on any atom is 0.234 e. The zero-order valence-electron chi connectivity index (χ0n) is 17.6. The molecule has 0 saturated heterocycles. The molecule has 0 bridgehead atoms. The lowest BCUT2D eigenvalue weighted by atomic mass is 9.95. The third-order valence-corrected chi connectivity index (χ3v) is 6.57. The number of carbonyl (C=O) groups excluding carboxylic acids is 1. The molecule has 1 aliphatic rings. The average Bonchev–Trinajstić information content (AvgIpc) is 2.74. The topological polar surface area (TPSA) is 44.7 Å². The van der Waals surface area contributed by atoms with Crippen LogP contribution in [0.15, 0.2) is 53.5 Å². The fourth-order valence-electron chi connectivity index (χ4n) is 3.60. The molecule has 0 radical (unpaired) electrons. The Kier molecular flexibility index (Phi) is 7.76. The largest absolute Gasteiger partial charge is 0.351 e. The molecule has 0 aliphatic heterocycles. The van der Waals surface area contributed by atoms with E-state index in [-0.39, 0.29) is 5.91 Å². The van der Waals surface area contributed by atoms with Crippen LogP contribution in [-0.4, -0.2) is 34.8 Å². The molecule has 4 nitrogen and oxygen atoms in total. The minimum atomic E-state index is -0.00365. The second-order valence-corrected chi connectivity index (χ2v) is 8.71. The molecule has 0 spiro atoms. The Labute approximate surface area is 178 Å². The van der Waals surface area contributed by atoms with Crippen LogP contribution in [0, 0.1) is 13.8 Å². The molecule has 29 heavy (non-hydrogen) atoms. The number of hydrogen-bond donors (Lipinski definition) is 1. The summed E-state index contributed by atoms with van der Waals surface area (Å²) in [5.41, 5.74) is 4.18. The molecule has 0 unspecified atom stereocenters. The number of para-hydroxylation sites is 1. The molecule has 154 valence electrons. The maximum atomic E-state index is 12.6. The number of thioether (sulfide) groups is 1. The molecule has 0 atom stereocenters. The van der Waals surface area contributed by atoms with E-state index in [4.69, 9.17) is 4.99 Å². The first-order valence-electron chi connectivity index (χ1n) is 10.4. The van der Waals surface area contributed by atoms with Crippen molar-refractivity contribution in [2.45, 2.75) is 52.0 Å². The minimum absolute atomic E-state index is 0.00365. The summed E-state index contributed by atoms with van der Waals surface area (Å²) in [5, 5.41) is 3.93. The van der Waals surface area contributed by atoms with Gasteiger partial charge in [0.25, 0.3) is 0 Å². The number of rotatable bonds is 5. The molecule has 2 aromatic rings. The fourth-order valence-corrected chi connectivity index (χ4v) is 4.45. The van der Waals surface area contributed by atoms with Crippen LogP contribution in [0.25, 0.3) is 0 Å². The number of anilines is 1. The number of aliphatic imine (C=N–C) groups is 1. The van der Waals surface area contributed by atoms with Crippen LogP contribution in [0.1, 0.15) is 43.2 Å². The normalized spacial score (nSPS) is 15.2. The van der Waals surface area contributed by atoms with Gasteiger partial charge in [0.05, 0.1) is 11.4 Å². The van der Waals surface area contributed by atoms with Gasteiger partial charge in [-0.3, -0.25) is 4.79 Å². The minimum Gasteiger partial charge on any atom is -0.351 e. The number of aryl methyl sites for hydroxylation is 2. The van der Waals surface area contributed by atoms with Crippen molar-refractivity contribution in [1.29, 1.82) is 0 Å². The lowest BCUT2D eigenvalue weighted by Gasteiger charge is -2.33. The molecule has 1 aliphatic carbocycles. The van der Waals surface area contributed by atoms with E-state index < -0.39 is 0 Å². The van der Waals surface area contributed by atoms with Crippen molar-refractivity contribution in [3.05, 3.63) is 59.7 Å². The van der Waals surface area contributed by atoms with Gasteiger partial charge in [-0.15, -0.1) is 0 Å². The summed E-state index contributed by atoms with van der Waals surface area (Å²) in [6, 6.07) is 16.5. The standard InChI is InChI=1S/C24H31N3OS/c1-18-14-15-21(16-19(18)2)25-23(28)17-29-24(26-20-10-6-4-7-11-20)27(3)22-12-8-5-9-13-22/h4,6-7,10-11,14-16,22H,5,8-9,12-13,17H2,1-3H3,(H,25,28). The molecule has 1 amide bonds. The van der Waals surface area contributed by atoms with E-state index in [0.29, 0.717) is 11.8 Å². The van der Waals surface area contributed by atoms with Crippen LogP contribution in [0.2, 0.25) is 0 Å². The molecule has 3 rings (SSSR count). The lowest BCUT2D eigenvalue weighted by Crippen LogP contribution is -2.37. The molecule has 0 aromatic heterocycles. The van der Waals surface area contributed by atoms with Crippen molar-refractivity contribution in [1.82, 2.24) is 4.90 Å². The highest BCUT2D eigenvalue weighted by atomic mass is 32.2. The number of amidine groups is 1. The van der Waals surface area contributed by atoms with Gasteiger partial charge in [-0.05, 0) is 62.1 Å². The van der Waals surface area contributed by atoms with Crippen molar-refractivity contribution < 1.29 is 4.79 Å². The average molecular weight is 410 g/mol. The van der Waals surface area contributed by atoms with Gasteiger partial charge in [0.15, 0.2) is 5.17 Å². The molecule has 0 heterocycles. The van der Waals surface area contributed by atoms with E-state index in [0.717, 1.165) is 16.5 Å². The number of nitrogens with one attached hydrogen (secondary N) is 1. The van der Waals surface area contributed by atoms with Crippen molar-refractivity contribution in [2.24, 2.45) is 4.99 Å². The fraction of sp³-hybridized carbons (Fsp3) is 0.417. The van der Waals surface area contributed by atoms with E-state index in [2.05, 4.69) is 31.1 Å². The number of carbonyl (C=O) groups is 1. The third-order valence-electron chi connectivity index (χ3n) is 5.53. The van der Waals surface area contributed by atoms with E-state index in [1.54, 1.807) is 0 Å². The van der Waals surface area contributed by atoms with Gasteiger partial charge in [0.2, 0.25) is 5.91 Å². The predicted octanol–water partition coefficient (Wildman–Crippen LogP) is 5.93. The molecular formula is C24H31N3OS. The lowest BCUT2D eigenvalue weighted by molar-refractivity contribution is -0.113. The summed E-state index contributed by atoms with van der Waals surface area (Å²) in [6.45, 7) is 4.13. The van der Waals surface area contributed by atoms with Gasteiger partial charge < -0.3 is 10.2 Å². The highest BCUT2D eigenvalue weighted by Gasteiger charge is 2.22. The quantitative estimate of drug-likeness (QED) is 0.492. The Balaban J connectivity index is 1.68. The van der Waals surface area contributed by atoms with Crippen molar-refractivity contribution in [3.63, 3.8) is 0 Å². The first-order chi connectivity index (χ1) is 14.0. The van der Waals surface area contributed by atoms with Gasteiger partial charge in [-0.2, -0.15) is 0 Å². The van der Waals surface area contributed by atoms with E-state index in [1.165, 1.54) is 55.0 Å². The summed E-state index contributed by atoms with van der Waals surface area (Å²) >= 11 is 1.52. The Bertz CT molecular complexity index is 844. The number of hydrogen-bond acceptors (Lipinski definition) is 3. The highest BCUT2D eigenvalue weighted by molar-refractivity contribution is 8.14. The first-order valence-corrected chi connectivity index (χ1v) is 11.4. The van der Waals surface area contributed by atoms with Crippen LogP contribution in [0.4, 0.5) is 11.4 Å². The number of benzene rings is 2. The van der Waals surface area contributed by atoms with Crippen LogP contribution < -0.4 is 5.32 Å². The molecule has 1 saturated carbocycles. The van der Waals surface area contributed by atoms with Gasteiger partial charge >= 0.3 is 0 Å². The summed E-state index contributed by atoms with van der Waals surface area (Å²) < 4.78 is 0. The Morgan fingerprint density at radius 1 is 1.07 bits per heavy atom. The second kappa shape index (κ2) is 10.5. The SMILES string of the molecule is Cc1ccc(NC(=O)CSC(=Nc2ccccc2)N(C)C2CCCCC2)cc1C. The zero-order valence-corrected chi connectivity index (χ0v) is 18.5. The van der Waals surface area contributed by atoms with Gasteiger partial charge in [-0.1, -0.05) is 55.3 Å². The van der Waals surface area contributed by atoms with Crippen molar-refractivity contribution in [2.75, 3.05) is 18.1 Å². The van der Waals surface area contributed by atoms with Crippen LogP contribution in [0.3, 0.4) is 0 Å². The highest BCUT2D eigenvalue weighted by Crippen LogP contribution is 2.26. The molecule has 1 fully saturated rings.